The highest BCUT2D eigenvalue weighted by atomic mass is 32.1. The van der Waals surface area contributed by atoms with Crippen molar-refractivity contribution in [3.05, 3.63) is 21.4 Å². The second-order valence-corrected chi connectivity index (χ2v) is 12.1. The Balaban J connectivity index is 1.51. The lowest BCUT2D eigenvalue weighted by Gasteiger charge is -2.51. The summed E-state index contributed by atoms with van der Waals surface area (Å²) in [6.45, 7) is 9.88. The van der Waals surface area contributed by atoms with Crippen molar-refractivity contribution >= 4 is 11.3 Å². The molecular weight excluding hydrogens is 384 g/mol. The topological polar surface area (TPSA) is 47.6 Å². The SMILES string of the molecule is CC(C)CCC[C@H](C)[C@@H]1CC[C@@H]2[C@@H]3CCc4c(C(C#N)C#N)csc4[C@@H]3CC[C@]21C. The van der Waals surface area contributed by atoms with E-state index >= 15 is 0 Å². The summed E-state index contributed by atoms with van der Waals surface area (Å²) in [5.41, 5.74) is 2.92. The molecule has 0 aliphatic heterocycles. The third-order valence-electron chi connectivity index (χ3n) is 9.23. The monoisotopic (exact) mass is 422 g/mol. The summed E-state index contributed by atoms with van der Waals surface area (Å²) in [6.07, 6.45) is 12.0. The molecule has 0 radical (unpaired) electrons. The van der Waals surface area contributed by atoms with Crippen LogP contribution in [0.2, 0.25) is 0 Å². The van der Waals surface area contributed by atoms with Crippen LogP contribution < -0.4 is 0 Å². The zero-order chi connectivity index (χ0) is 21.5. The molecule has 2 saturated carbocycles. The molecular formula is C27H38N2S. The van der Waals surface area contributed by atoms with Crippen LogP contribution >= 0.6 is 11.3 Å². The van der Waals surface area contributed by atoms with Crippen LogP contribution in [0.15, 0.2) is 5.38 Å². The van der Waals surface area contributed by atoms with Gasteiger partial charge in [-0.15, -0.1) is 11.3 Å². The van der Waals surface area contributed by atoms with Crippen molar-refractivity contribution in [2.45, 2.75) is 97.3 Å². The van der Waals surface area contributed by atoms with Crippen molar-refractivity contribution in [2.75, 3.05) is 0 Å². The van der Waals surface area contributed by atoms with E-state index in [2.05, 4.69) is 45.2 Å². The molecule has 0 N–H and O–H groups in total. The molecule has 0 unspecified atom stereocenters. The zero-order valence-corrected chi connectivity index (χ0v) is 20.1. The second-order valence-electron chi connectivity index (χ2n) is 11.2. The van der Waals surface area contributed by atoms with Crippen molar-refractivity contribution in [1.29, 1.82) is 10.5 Å². The van der Waals surface area contributed by atoms with Crippen molar-refractivity contribution < 1.29 is 0 Å². The van der Waals surface area contributed by atoms with E-state index in [1.54, 1.807) is 0 Å². The van der Waals surface area contributed by atoms with Crippen molar-refractivity contribution in [2.24, 2.45) is 35.0 Å². The minimum Gasteiger partial charge on any atom is -0.196 e. The summed E-state index contributed by atoms with van der Waals surface area (Å²) in [4.78, 5) is 1.53. The largest absolute Gasteiger partial charge is 0.196 e. The van der Waals surface area contributed by atoms with Gasteiger partial charge in [-0.2, -0.15) is 10.5 Å². The molecule has 0 bridgehead atoms. The summed E-state index contributed by atoms with van der Waals surface area (Å²) in [5, 5.41) is 20.9. The van der Waals surface area contributed by atoms with Crippen molar-refractivity contribution in [1.82, 2.24) is 0 Å². The molecule has 1 heterocycles. The van der Waals surface area contributed by atoms with E-state index in [9.17, 15) is 10.5 Å². The van der Waals surface area contributed by atoms with E-state index in [0.29, 0.717) is 11.3 Å². The first kappa shape index (κ1) is 21.9. The predicted octanol–water partition coefficient (Wildman–Crippen LogP) is 7.81. The molecule has 3 heteroatoms. The third-order valence-corrected chi connectivity index (χ3v) is 10.4. The average Bonchev–Trinajstić information content (AvgIpc) is 3.30. The minimum atomic E-state index is -0.585. The Morgan fingerprint density at radius 1 is 1.10 bits per heavy atom. The van der Waals surface area contributed by atoms with Crippen LogP contribution in [0.4, 0.5) is 0 Å². The first-order valence-electron chi connectivity index (χ1n) is 12.3. The number of nitriles is 2. The van der Waals surface area contributed by atoms with E-state index in [0.717, 1.165) is 41.6 Å². The number of hydrogen-bond donors (Lipinski definition) is 0. The molecule has 1 aromatic heterocycles. The Kier molecular flexibility index (Phi) is 6.33. The van der Waals surface area contributed by atoms with Crippen molar-refractivity contribution in [3.8, 4) is 12.1 Å². The van der Waals surface area contributed by atoms with Gasteiger partial charge in [0.05, 0.1) is 12.1 Å². The summed E-state index contributed by atoms with van der Waals surface area (Å²) in [7, 11) is 0. The molecule has 3 aliphatic carbocycles. The Morgan fingerprint density at radius 3 is 2.57 bits per heavy atom. The fourth-order valence-corrected chi connectivity index (χ4v) is 9.11. The Hall–Kier alpha value is -1.32. The van der Waals surface area contributed by atoms with Gasteiger partial charge in [-0.3, -0.25) is 0 Å². The number of fused-ring (bicyclic) bond motifs is 5. The third kappa shape index (κ3) is 3.62. The van der Waals surface area contributed by atoms with Crippen LogP contribution in [0.3, 0.4) is 0 Å². The second kappa shape index (κ2) is 8.67. The quantitative estimate of drug-likeness (QED) is 0.469. The molecule has 4 rings (SSSR count). The predicted molar refractivity (Wildman–Crippen MR) is 124 cm³/mol. The summed E-state index contributed by atoms with van der Waals surface area (Å²) in [6, 6.07) is 4.41. The molecule has 2 nitrogen and oxygen atoms in total. The standard InChI is InChI=1S/C27H38N2S/c1-17(2)6-5-7-18(3)24-10-11-25-20-8-9-21-23(19(14-28)15-29)16-30-26(21)22(20)12-13-27(24,25)4/h16-20,22,24-25H,5-13H2,1-4H3/t18-,20+,22+,24-,25+,27-/m0/s1. The molecule has 162 valence electrons. The molecule has 2 fully saturated rings. The summed E-state index contributed by atoms with van der Waals surface area (Å²) >= 11 is 1.85. The maximum Gasteiger partial charge on any atom is 0.159 e. The fourth-order valence-electron chi connectivity index (χ4n) is 7.75. The zero-order valence-electron chi connectivity index (χ0n) is 19.3. The Labute approximate surface area is 187 Å². The van der Waals surface area contributed by atoms with Gasteiger partial charge >= 0.3 is 0 Å². The van der Waals surface area contributed by atoms with Gasteiger partial charge in [0.2, 0.25) is 0 Å². The Bertz CT molecular complexity index is 826. The molecule has 1 aromatic rings. The molecule has 30 heavy (non-hydrogen) atoms. The first-order chi connectivity index (χ1) is 14.4. The molecule has 6 atom stereocenters. The average molecular weight is 423 g/mol. The number of hydrogen-bond acceptors (Lipinski definition) is 3. The van der Waals surface area contributed by atoms with Gasteiger partial charge in [-0.25, -0.2) is 0 Å². The number of nitrogens with zero attached hydrogens (tertiary/aromatic N) is 2. The lowest BCUT2D eigenvalue weighted by Crippen LogP contribution is -2.43. The molecule has 3 aliphatic rings. The van der Waals surface area contributed by atoms with Crippen LogP contribution in [0.5, 0.6) is 0 Å². The van der Waals surface area contributed by atoms with Gasteiger partial charge in [0.25, 0.3) is 0 Å². The summed E-state index contributed by atoms with van der Waals surface area (Å²) < 4.78 is 0. The van der Waals surface area contributed by atoms with Crippen LogP contribution in [0, 0.1) is 57.7 Å². The van der Waals surface area contributed by atoms with Crippen LogP contribution in [-0.4, -0.2) is 0 Å². The van der Waals surface area contributed by atoms with Gasteiger partial charge in [-0.05, 0) is 96.0 Å². The van der Waals surface area contributed by atoms with E-state index in [4.69, 9.17) is 0 Å². The van der Waals surface area contributed by atoms with E-state index in [1.807, 2.05) is 11.3 Å². The first-order valence-corrected chi connectivity index (χ1v) is 13.2. The lowest BCUT2D eigenvalue weighted by molar-refractivity contribution is 0.0105. The van der Waals surface area contributed by atoms with Gasteiger partial charge in [0, 0.05) is 4.88 Å². The number of thiophene rings is 1. The van der Waals surface area contributed by atoms with Crippen LogP contribution in [0.25, 0.3) is 0 Å². The summed E-state index contributed by atoms with van der Waals surface area (Å²) in [5.74, 6) is 4.37. The van der Waals surface area contributed by atoms with E-state index in [-0.39, 0.29) is 0 Å². The molecule has 0 amide bonds. The Morgan fingerprint density at radius 2 is 1.87 bits per heavy atom. The van der Waals surface area contributed by atoms with Gasteiger partial charge in [-0.1, -0.05) is 47.0 Å². The van der Waals surface area contributed by atoms with Gasteiger partial charge in [0.15, 0.2) is 5.92 Å². The van der Waals surface area contributed by atoms with E-state index < -0.39 is 5.92 Å². The van der Waals surface area contributed by atoms with Gasteiger partial charge < -0.3 is 0 Å². The van der Waals surface area contributed by atoms with E-state index in [1.165, 1.54) is 61.8 Å². The molecule has 0 saturated heterocycles. The highest BCUT2D eigenvalue weighted by molar-refractivity contribution is 7.10. The smallest absolute Gasteiger partial charge is 0.159 e. The van der Waals surface area contributed by atoms with Gasteiger partial charge in [0.1, 0.15) is 0 Å². The highest BCUT2D eigenvalue weighted by Crippen LogP contribution is 2.65. The lowest BCUT2D eigenvalue weighted by atomic mass is 9.54. The van der Waals surface area contributed by atoms with Crippen LogP contribution in [-0.2, 0) is 6.42 Å². The molecule has 0 aromatic carbocycles. The highest BCUT2D eigenvalue weighted by Gasteiger charge is 2.55. The fraction of sp³-hybridized carbons (Fsp3) is 0.778. The normalized spacial score (nSPS) is 33.5. The maximum absolute atomic E-state index is 9.39. The van der Waals surface area contributed by atoms with Crippen molar-refractivity contribution in [3.63, 3.8) is 0 Å². The number of rotatable bonds is 6. The minimum absolute atomic E-state index is 0.526. The maximum atomic E-state index is 9.39. The van der Waals surface area contributed by atoms with Crippen LogP contribution in [0.1, 0.15) is 107 Å². The molecule has 0 spiro atoms.